The minimum Gasteiger partial charge on any atom is -0.388 e. The molecule has 0 aliphatic rings. The van der Waals surface area contributed by atoms with Crippen molar-refractivity contribution in [2.75, 3.05) is 0 Å². The van der Waals surface area contributed by atoms with Crippen LogP contribution >= 0.6 is 0 Å². The zero-order valence-corrected chi connectivity index (χ0v) is 9.83. The second kappa shape index (κ2) is 5.48. The lowest BCUT2D eigenvalue weighted by Gasteiger charge is -2.12. The number of aryl methyl sites for hydroxylation is 1. The summed E-state index contributed by atoms with van der Waals surface area (Å²) in [4.78, 5) is 0. The van der Waals surface area contributed by atoms with Crippen molar-refractivity contribution in [2.45, 2.75) is 46.0 Å². The second-order valence-electron chi connectivity index (χ2n) is 4.31. The minimum absolute atomic E-state index is 0.205. The van der Waals surface area contributed by atoms with E-state index in [2.05, 4.69) is 10.2 Å². The normalized spacial score (nSPS) is 12.4. The van der Waals surface area contributed by atoms with Crippen LogP contribution in [-0.4, -0.2) is 26.0 Å². The molecule has 98 valence electrons. The highest BCUT2D eigenvalue weighted by atomic mass is 19.4. The summed E-state index contributed by atoms with van der Waals surface area (Å²) in [6.45, 7) is 4.07. The van der Waals surface area contributed by atoms with Crippen molar-refractivity contribution < 1.29 is 18.3 Å². The van der Waals surface area contributed by atoms with Gasteiger partial charge in [0.2, 0.25) is 0 Å². The number of aliphatic hydroxyl groups is 1. The van der Waals surface area contributed by atoms with E-state index in [4.69, 9.17) is 5.11 Å². The molecule has 1 heterocycles. The molecule has 0 atom stereocenters. The smallest absolute Gasteiger partial charge is 0.388 e. The number of aromatic nitrogens is 3. The number of alkyl halides is 3. The van der Waals surface area contributed by atoms with E-state index in [1.165, 1.54) is 0 Å². The van der Waals surface area contributed by atoms with Gasteiger partial charge in [-0.3, -0.25) is 0 Å². The number of nitrogens with zero attached hydrogens (tertiary/aromatic N) is 3. The molecule has 0 radical (unpaired) electrons. The van der Waals surface area contributed by atoms with Crippen LogP contribution in [0.15, 0.2) is 0 Å². The molecule has 0 saturated heterocycles. The lowest BCUT2D eigenvalue weighted by atomic mass is 10.2. The maximum Gasteiger partial charge on any atom is 0.389 e. The molecule has 0 aliphatic carbocycles. The highest BCUT2D eigenvalue weighted by Crippen LogP contribution is 2.22. The summed E-state index contributed by atoms with van der Waals surface area (Å²) in [6, 6.07) is 0. The fourth-order valence-electron chi connectivity index (χ4n) is 1.50. The Morgan fingerprint density at radius 1 is 1.24 bits per heavy atom. The van der Waals surface area contributed by atoms with Crippen LogP contribution < -0.4 is 0 Å². The fraction of sp³-hybridized carbons (Fsp3) is 0.800. The van der Waals surface area contributed by atoms with Crippen LogP contribution in [0, 0.1) is 5.92 Å². The van der Waals surface area contributed by atoms with E-state index in [-0.39, 0.29) is 24.8 Å². The molecule has 0 amide bonds. The van der Waals surface area contributed by atoms with Crippen LogP contribution in [0.4, 0.5) is 13.2 Å². The first kappa shape index (κ1) is 14.0. The number of halogens is 3. The Bertz CT molecular complexity index is 360. The summed E-state index contributed by atoms with van der Waals surface area (Å²) in [6.07, 6.45) is -5.33. The molecule has 0 spiro atoms. The van der Waals surface area contributed by atoms with Crippen molar-refractivity contribution in [3.8, 4) is 0 Å². The van der Waals surface area contributed by atoms with Crippen LogP contribution in [0.2, 0.25) is 0 Å². The maximum atomic E-state index is 12.1. The van der Waals surface area contributed by atoms with Crippen molar-refractivity contribution in [1.82, 2.24) is 14.8 Å². The van der Waals surface area contributed by atoms with Crippen molar-refractivity contribution in [3.63, 3.8) is 0 Å². The summed E-state index contributed by atoms with van der Waals surface area (Å²) in [5, 5.41) is 16.4. The molecular weight excluding hydrogens is 235 g/mol. The molecule has 0 unspecified atom stereocenters. The Balaban J connectivity index is 2.80. The Morgan fingerprint density at radius 2 is 1.82 bits per heavy atom. The number of hydrogen-bond acceptors (Lipinski definition) is 3. The number of aliphatic hydroxyl groups excluding tert-OH is 1. The fourth-order valence-corrected chi connectivity index (χ4v) is 1.50. The van der Waals surface area contributed by atoms with Gasteiger partial charge >= 0.3 is 6.18 Å². The predicted molar refractivity (Wildman–Crippen MR) is 55.2 cm³/mol. The predicted octanol–water partition coefficient (Wildman–Crippen LogP) is 1.92. The first-order chi connectivity index (χ1) is 7.83. The van der Waals surface area contributed by atoms with Crippen molar-refractivity contribution in [2.24, 2.45) is 5.92 Å². The molecule has 0 bridgehead atoms. The lowest BCUT2D eigenvalue weighted by molar-refractivity contribution is -0.134. The van der Waals surface area contributed by atoms with Crippen LogP contribution in [0.5, 0.6) is 0 Å². The third kappa shape index (κ3) is 4.33. The minimum atomic E-state index is -4.20. The summed E-state index contributed by atoms with van der Waals surface area (Å²) in [7, 11) is 0. The molecule has 1 N–H and O–H groups in total. The van der Waals surface area contributed by atoms with E-state index in [9.17, 15) is 13.2 Å². The molecule has 0 aromatic carbocycles. The third-order valence-electron chi connectivity index (χ3n) is 2.23. The SMILES string of the molecule is CC(C)Cn1c(CO)nnc1CCC(F)(F)F. The second-order valence-corrected chi connectivity index (χ2v) is 4.31. The van der Waals surface area contributed by atoms with Crippen LogP contribution in [0.1, 0.15) is 31.9 Å². The average Bonchev–Trinajstić information content (AvgIpc) is 2.55. The highest BCUT2D eigenvalue weighted by Gasteiger charge is 2.28. The van der Waals surface area contributed by atoms with Crippen LogP contribution in [-0.2, 0) is 19.6 Å². The molecule has 7 heteroatoms. The van der Waals surface area contributed by atoms with Crippen molar-refractivity contribution in [3.05, 3.63) is 11.6 Å². The van der Waals surface area contributed by atoms with Gasteiger partial charge in [0.1, 0.15) is 12.4 Å². The first-order valence-electron chi connectivity index (χ1n) is 5.42. The molecule has 0 aliphatic heterocycles. The van der Waals surface area contributed by atoms with Gasteiger partial charge in [0.15, 0.2) is 5.82 Å². The van der Waals surface area contributed by atoms with E-state index in [1.807, 2.05) is 13.8 Å². The summed E-state index contributed by atoms with van der Waals surface area (Å²) >= 11 is 0. The summed E-state index contributed by atoms with van der Waals surface area (Å²) in [5.41, 5.74) is 0. The van der Waals surface area contributed by atoms with Gasteiger partial charge in [0, 0.05) is 13.0 Å². The monoisotopic (exact) mass is 251 g/mol. The Kier molecular flexibility index (Phi) is 4.50. The zero-order chi connectivity index (χ0) is 13.1. The van der Waals surface area contributed by atoms with Crippen LogP contribution in [0.25, 0.3) is 0 Å². The first-order valence-corrected chi connectivity index (χ1v) is 5.42. The van der Waals surface area contributed by atoms with E-state index < -0.39 is 12.6 Å². The summed E-state index contributed by atoms with van der Waals surface area (Å²) in [5.74, 6) is 0.844. The quantitative estimate of drug-likeness (QED) is 0.869. The van der Waals surface area contributed by atoms with Gasteiger partial charge in [-0.1, -0.05) is 13.8 Å². The Labute approximate surface area is 97.5 Å². The molecular formula is C10H16F3N3O. The van der Waals surface area contributed by atoms with Gasteiger partial charge in [-0.05, 0) is 5.92 Å². The van der Waals surface area contributed by atoms with Gasteiger partial charge in [-0.25, -0.2) is 0 Å². The maximum absolute atomic E-state index is 12.1. The standard InChI is InChI=1S/C10H16F3N3O/c1-7(2)5-16-8(3-4-10(11,12)13)14-15-9(16)6-17/h7,17H,3-6H2,1-2H3. The molecule has 0 fully saturated rings. The molecule has 4 nitrogen and oxygen atoms in total. The van der Waals surface area contributed by atoms with Gasteiger partial charge in [0.05, 0.1) is 6.42 Å². The largest absolute Gasteiger partial charge is 0.389 e. The van der Waals surface area contributed by atoms with E-state index in [1.54, 1.807) is 4.57 Å². The number of rotatable bonds is 5. The number of hydrogen-bond donors (Lipinski definition) is 1. The van der Waals surface area contributed by atoms with E-state index >= 15 is 0 Å². The topological polar surface area (TPSA) is 50.9 Å². The highest BCUT2D eigenvalue weighted by molar-refractivity contribution is 4.96. The molecule has 0 saturated carbocycles. The molecule has 17 heavy (non-hydrogen) atoms. The van der Waals surface area contributed by atoms with Crippen molar-refractivity contribution in [1.29, 1.82) is 0 Å². The van der Waals surface area contributed by atoms with Gasteiger partial charge in [-0.2, -0.15) is 13.2 Å². The molecule has 1 aromatic heterocycles. The molecule has 1 rings (SSSR count). The third-order valence-corrected chi connectivity index (χ3v) is 2.23. The average molecular weight is 251 g/mol. The van der Waals surface area contributed by atoms with Gasteiger partial charge < -0.3 is 9.67 Å². The van der Waals surface area contributed by atoms with Crippen LogP contribution in [0.3, 0.4) is 0 Å². The van der Waals surface area contributed by atoms with Crippen molar-refractivity contribution >= 4 is 0 Å². The van der Waals surface area contributed by atoms with E-state index in [0.29, 0.717) is 12.4 Å². The lowest BCUT2D eigenvalue weighted by Crippen LogP contribution is -2.15. The zero-order valence-electron chi connectivity index (χ0n) is 9.83. The van der Waals surface area contributed by atoms with E-state index in [0.717, 1.165) is 0 Å². The summed E-state index contributed by atoms with van der Waals surface area (Å²) < 4.78 is 37.9. The molecule has 1 aromatic rings. The Hall–Kier alpha value is -1.11. The Morgan fingerprint density at radius 3 is 2.29 bits per heavy atom. The van der Waals surface area contributed by atoms with Gasteiger partial charge in [0.25, 0.3) is 0 Å². The van der Waals surface area contributed by atoms with Gasteiger partial charge in [-0.15, -0.1) is 10.2 Å².